The van der Waals surface area contributed by atoms with Crippen molar-refractivity contribution in [2.75, 3.05) is 27.2 Å². The van der Waals surface area contributed by atoms with Crippen LogP contribution in [-0.2, 0) is 6.18 Å². The maximum atomic E-state index is 13.1. The van der Waals surface area contributed by atoms with Gasteiger partial charge in [-0.05, 0) is 0 Å². The number of rotatable bonds is 3. The van der Waals surface area contributed by atoms with E-state index >= 15 is 0 Å². The zero-order chi connectivity index (χ0) is 16.0. The second-order valence-corrected chi connectivity index (χ2v) is 8.28. The van der Waals surface area contributed by atoms with Crippen molar-refractivity contribution in [2.45, 2.75) is 12.2 Å². The Morgan fingerprint density at radius 2 is 2.04 bits per heavy atom. The van der Waals surface area contributed by atoms with Crippen molar-refractivity contribution in [3.63, 3.8) is 0 Å². The van der Waals surface area contributed by atoms with Crippen LogP contribution in [0.25, 0.3) is 11.3 Å². The first-order valence-corrected chi connectivity index (χ1v) is 9.58. The standard InChI is InChI=1S/C13H13F3IN6/c14-13(15,16)11-3-10(20-12(21-11)22-2-1-17-22)8-4-19-23(7-8)9-5-18-6-9/h3-4,7,9,18H,1-2,5-6H2/q-1. The molecule has 2 aliphatic heterocycles. The van der Waals surface area contributed by atoms with E-state index in [2.05, 4.69) is 20.4 Å². The van der Waals surface area contributed by atoms with Gasteiger partial charge in [-0.3, -0.25) is 0 Å². The van der Waals surface area contributed by atoms with Crippen molar-refractivity contribution in [3.8, 4) is 11.3 Å². The third kappa shape index (κ3) is 2.89. The molecule has 0 saturated carbocycles. The van der Waals surface area contributed by atoms with E-state index < -0.39 is 11.9 Å². The summed E-state index contributed by atoms with van der Waals surface area (Å²) in [7, 11) is 0. The third-order valence-electron chi connectivity index (χ3n) is 3.76. The predicted octanol–water partition coefficient (Wildman–Crippen LogP) is -1.67. The van der Waals surface area contributed by atoms with E-state index in [1.54, 1.807) is 17.1 Å². The van der Waals surface area contributed by atoms with E-state index in [0.717, 1.165) is 30.1 Å². The molecule has 2 fully saturated rings. The first kappa shape index (κ1) is 15.1. The van der Waals surface area contributed by atoms with Gasteiger partial charge in [0.15, 0.2) is 0 Å². The van der Waals surface area contributed by atoms with Gasteiger partial charge in [-0.2, -0.15) is 0 Å². The fourth-order valence-corrected chi connectivity index (χ4v) is 3.77. The summed E-state index contributed by atoms with van der Waals surface area (Å²) < 4.78 is 44.0. The minimum atomic E-state index is -4.48. The Kier molecular flexibility index (Phi) is 3.67. The number of anilines is 1. The zero-order valence-corrected chi connectivity index (χ0v) is 14.0. The topological polar surface area (TPSA) is 58.9 Å². The number of hydrogen-bond acceptors (Lipinski definition) is 5. The molecule has 0 atom stereocenters. The van der Waals surface area contributed by atoms with Crippen LogP contribution in [0.5, 0.6) is 0 Å². The molecular weight excluding hydrogens is 424 g/mol. The molecule has 0 aromatic carbocycles. The monoisotopic (exact) mass is 437 g/mol. The normalized spacial score (nSPS) is 19.0. The van der Waals surface area contributed by atoms with Gasteiger partial charge in [0.2, 0.25) is 0 Å². The molecule has 0 bridgehead atoms. The van der Waals surface area contributed by atoms with Crippen molar-refractivity contribution in [2.24, 2.45) is 0 Å². The quantitative estimate of drug-likeness (QED) is 0.354. The molecule has 0 amide bonds. The van der Waals surface area contributed by atoms with Crippen LogP contribution in [-0.4, -0.2) is 43.8 Å². The molecule has 4 rings (SSSR count). The number of nitrogens with one attached hydrogen (secondary N) is 1. The molecule has 0 radical (unpaired) electrons. The molecule has 0 aliphatic carbocycles. The van der Waals surface area contributed by atoms with E-state index in [1.807, 2.05) is 3.11 Å². The Morgan fingerprint density at radius 3 is 2.61 bits per heavy atom. The first-order valence-electron chi connectivity index (χ1n) is 7.09. The van der Waals surface area contributed by atoms with Gasteiger partial charge in [0.05, 0.1) is 0 Å². The summed E-state index contributed by atoms with van der Waals surface area (Å²) in [6.45, 7) is 2.38. The Labute approximate surface area is 140 Å². The second kappa shape index (κ2) is 5.58. The van der Waals surface area contributed by atoms with E-state index in [-0.39, 0.29) is 39.2 Å². The molecule has 2 aromatic rings. The summed E-state index contributed by atoms with van der Waals surface area (Å²) in [4.78, 5) is 8.03. The average Bonchev–Trinajstić information content (AvgIpc) is 2.82. The van der Waals surface area contributed by atoms with E-state index in [0.29, 0.717) is 5.56 Å². The van der Waals surface area contributed by atoms with E-state index in [4.69, 9.17) is 0 Å². The predicted molar refractivity (Wildman–Crippen MR) is 72.4 cm³/mol. The fourth-order valence-electron chi connectivity index (χ4n) is 2.29. The van der Waals surface area contributed by atoms with Gasteiger partial charge in [-0.1, -0.05) is 0 Å². The summed E-state index contributed by atoms with van der Waals surface area (Å²) in [5.41, 5.74) is -0.0343. The van der Waals surface area contributed by atoms with Crippen LogP contribution in [0.1, 0.15) is 11.7 Å². The van der Waals surface area contributed by atoms with Gasteiger partial charge >= 0.3 is 140 Å². The zero-order valence-electron chi connectivity index (χ0n) is 11.9. The first-order chi connectivity index (χ1) is 11.0. The summed E-state index contributed by atoms with van der Waals surface area (Å²) in [6, 6.07) is 1.26. The molecule has 0 spiro atoms. The molecule has 2 aromatic heterocycles. The van der Waals surface area contributed by atoms with Gasteiger partial charge < -0.3 is 0 Å². The summed E-state index contributed by atoms with van der Waals surface area (Å²) in [5, 5.41) is 7.38. The minimum absolute atomic E-state index is 0.187. The average molecular weight is 437 g/mol. The van der Waals surface area contributed by atoms with Crippen LogP contribution in [0.15, 0.2) is 18.5 Å². The molecule has 10 heteroatoms. The molecule has 4 heterocycles. The molecule has 1 N–H and O–H groups in total. The Morgan fingerprint density at radius 1 is 1.26 bits per heavy atom. The maximum absolute atomic E-state index is 13.1. The van der Waals surface area contributed by atoms with Crippen LogP contribution in [0.2, 0.25) is 0 Å². The molecule has 23 heavy (non-hydrogen) atoms. The van der Waals surface area contributed by atoms with Gasteiger partial charge in [0.1, 0.15) is 0 Å². The summed E-state index contributed by atoms with van der Waals surface area (Å²) in [5.74, 6) is 0.187. The Balaban J connectivity index is 1.72. The van der Waals surface area contributed by atoms with Crippen molar-refractivity contribution in [3.05, 3.63) is 24.2 Å². The van der Waals surface area contributed by atoms with Crippen LogP contribution < -0.4 is 29.9 Å². The second-order valence-electron chi connectivity index (χ2n) is 5.35. The van der Waals surface area contributed by atoms with Crippen molar-refractivity contribution < 1.29 is 34.7 Å². The van der Waals surface area contributed by atoms with Gasteiger partial charge in [-0.15, -0.1) is 0 Å². The SMILES string of the molecule is FC(F)(F)c1cc(-c2cnn(C3CNC3)c2)nc(N2CC[I-]2)n1. The third-order valence-corrected chi connectivity index (χ3v) is 6.47. The van der Waals surface area contributed by atoms with Gasteiger partial charge in [0.25, 0.3) is 0 Å². The number of alkyl halides is 4. The molecule has 0 unspecified atom stereocenters. The van der Waals surface area contributed by atoms with Crippen molar-refractivity contribution in [1.82, 2.24) is 25.1 Å². The van der Waals surface area contributed by atoms with Crippen molar-refractivity contribution in [1.29, 1.82) is 0 Å². The number of halogens is 4. The summed E-state index contributed by atoms with van der Waals surface area (Å²) >= 11 is -0.273. The van der Waals surface area contributed by atoms with Crippen LogP contribution in [0, 0.1) is 0 Å². The molecular formula is C13H13F3IN6-. The number of aromatic nitrogens is 4. The molecule has 2 aliphatic rings. The fraction of sp³-hybridized carbons (Fsp3) is 0.462. The Hall–Kier alpha value is -1.43. The van der Waals surface area contributed by atoms with Gasteiger partial charge in [0, 0.05) is 0 Å². The molecule has 124 valence electrons. The van der Waals surface area contributed by atoms with Gasteiger partial charge in [-0.25, -0.2) is 0 Å². The van der Waals surface area contributed by atoms with Crippen LogP contribution in [0.4, 0.5) is 19.1 Å². The molecule has 2 saturated heterocycles. The van der Waals surface area contributed by atoms with Crippen LogP contribution >= 0.6 is 0 Å². The van der Waals surface area contributed by atoms with Crippen LogP contribution in [0.3, 0.4) is 0 Å². The van der Waals surface area contributed by atoms with Crippen molar-refractivity contribution >= 4 is 5.95 Å². The summed E-state index contributed by atoms with van der Waals surface area (Å²) in [6.07, 6.45) is -1.16. The number of nitrogens with zero attached hydrogens (tertiary/aromatic N) is 5. The number of hydrogen-bond donors (Lipinski definition) is 1. The Bertz CT molecular complexity index is 723. The molecule has 6 nitrogen and oxygen atoms in total. The van der Waals surface area contributed by atoms with E-state index in [9.17, 15) is 13.2 Å². The van der Waals surface area contributed by atoms with E-state index in [1.165, 1.54) is 0 Å².